The van der Waals surface area contributed by atoms with E-state index in [1.165, 1.54) is 9.58 Å². The van der Waals surface area contributed by atoms with Crippen molar-refractivity contribution in [3.63, 3.8) is 0 Å². The number of hydrogen-bond acceptors (Lipinski definition) is 7. The molecule has 1 aromatic heterocycles. The molecule has 1 amide bonds. The highest BCUT2D eigenvalue weighted by Crippen LogP contribution is 2.24. The molecule has 26 heavy (non-hydrogen) atoms. The molecule has 2 heterocycles. The van der Waals surface area contributed by atoms with Crippen LogP contribution >= 0.6 is 23.4 Å². The molecule has 0 aliphatic carbocycles. The lowest BCUT2D eigenvalue weighted by Crippen LogP contribution is -2.38. The SMILES string of the molecule is CN(C(=O)CSc1nnc(-c2cccc(Cl)c2)n1N)[C@H]1CCS(=O)(=O)C1. The topological polar surface area (TPSA) is 111 Å². The minimum atomic E-state index is -3.04. The van der Waals surface area contributed by atoms with Crippen molar-refractivity contribution in [1.29, 1.82) is 0 Å². The minimum Gasteiger partial charge on any atom is -0.341 e. The highest BCUT2D eigenvalue weighted by molar-refractivity contribution is 7.99. The average molecular weight is 416 g/mol. The molecule has 1 aromatic carbocycles. The zero-order valence-electron chi connectivity index (χ0n) is 14.0. The van der Waals surface area contributed by atoms with Crippen molar-refractivity contribution in [1.82, 2.24) is 19.8 Å². The Morgan fingerprint density at radius 2 is 2.23 bits per heavy atom. The molecule has 0 saturated carbocycles. The monoisotopic (exact) mass is 415 g/mol. The van der Waals surface area contributed by atoms with Crippen LogP contribution in [0.15, 0.2) is 29.4 Å². The molecule has 0 radical (unpaired) electrons. The third kappa shape index (κ3) is 4.13. The summed E-state index contributed by atoms with van der Waals surface area (Å²) in [4.78, 5) is 13.8. The molecule has 3 rings (SSSR count). The number of aromatic nitrogens is 3. The fourth-order valence-corrected chi connectivity index (χ4v) is 5.46. The maximum atomic E-state index is 12.3. The predicted octanol–water partition coefficient (Wildman–Crippen LogP) is 1.05. The Hall–Kier alpha value is -1.78. The fraction of sp³-hybridized carbons (Fsp3) is 0.400. The van der Waals surface area contributed by atoms with E-state index in [0.29, 0.717) is 22.4 Å². The van der Waals surface area contributed by atoms with Crippen molar-refractivity contribution < 1.29 is 13.2 Å². The Morgan fingerprint density at radius 3 is 2.88 bits per heavy atom. The normalized spacial score (nSPS) is 18.8. The minimum absolute atomic E-state index is 0.0197. The van der Waals surface area contributed by atoms with Gasteiger partial charge in [0.15, 0.2) is 15.7 Å². The molecule has 1 fully saturated rings. The van der Waals surface area contributed by atoms with E-state index in [2.05, 4.69) is 10.2 Å². The van der Waals surface area contributed by atoms with Crippen LogP contribution in [0.25, 0.3) is 11.4 Å². The van der Waals surface area contributed by atoms with Gasteiger partial charge in [0.25, 0.3) is 0 Å². The molecule has 8 nitrogen and oxygen atoms in total. The molecule has 140 valence electrons. The van der Waals surface area contributed by atoms with E-state index in [1.807, 2.05) is 6.07 Å². The van der Waals surface area contributed by atoms with Gasteiger partial charge in [0, 0.05) is 23.7 Å². The number of carbonyl (C=O) groups is 1. The molecule has 0 spiro atoms. The van der Waals surface area contributed by atoms with Gasteiger partial charge in [-0.2, -0.15) is 0 Å². The van der Waals surface area contributed by atoms with Crippen LogP contribution in [-0.2, 0) is 14.6 Å². The first-order valence-corrected chi connectivity index (χ1v) is 11.0. The van der Waals surface area contributed by atoms with Crippen LogP contribution in [0.5, 0.6) is 0 Å². The number of carbonyl (C=O) groups excluding carboxylic acids is 1. The van der Waals surface area contributed by atoms with Crippen molar-refractivity contribution >= 4 is 39.1 Å². The van der Waals surface area contributed by atoms with Gasteiger partial charge < -0.3 is 10.7 Å². The summed E-state index contributed by atoms with van der Waals surface area (Å²) in [5.41, 5.74) is 0.721. The number of benzene rings is 1. The summed E-state index contributed by atoms with van der Waals surface area (Å²) in [5.74, 6) is 6.54. The van der Waals surface area contributed by atoms with E-state index in [1.54, 1.807) is 25.2 Å². The van der Waals surface area contributed by atoms with Gasteiger partial charge in [-0.15, -0.1) is 10.2 Å². The van der Waals surface area contributed by atoms with E-state index in [9.17, 15) is 13.2 Å². The van der Waals surface area contributed by atoms with E-state index in [4.69, 9.17) is 17.4 Å². The van der Waals surface area contributed by atoms with Gasteiger partial charge in [0.05, 0.1) is 17.3 Å². The Balaban J connectivity index is 1.64. The maximum absolute atomic E-state index is 12.3. The molecule has 2 N–H and O–H groups in total. The molecular formula is C15H18ClN5O3S2. The second-order valence-electron chi connectivity index (χ2n) is 6.04. The highest BCUT2D eigenvalue weighted by atomic mass is 35.5. The zero-order valence-corrected chi connectivity index (χ0v) is 16.4. The summed E-state index contributed by atoms with van der Waals surface area (Å²) in [7, 11) is -1.41. The number of amides is 1. The van der Waals surface area contributed by atoms with E-state index >= 15 is 0 Å². The quantitative estimate of drug-likeness (QED) is 0.573. The highest BCUT2D eigenvalue weighted by Gasteiger charge is 2.32. The van der Waals surface area contributed by atoms with Gasteiger partial charge in [-0.1, -0.05) is 35.5 Å². The molecule has 11 heteroatoms. The number of nitrogen functional groups attached to an aromatic ring is 1. The lowest BCUT2D eigenvalue weighted by molar-refractivity contribution is -0.128. The van der Waals surface area contributed by atoms with Gasteiger partial charge in [-0.05, 0) is 18.6 Å². The molecule has 1 aliphatic heterocycles. The number of nitrogens with two attached hydrogens (primary N) is 1. The van der Waals surface area contributed by atoms with Gasteiger partial charge in [-0.3, -0.25) is 4.79 Å². The number of hydrogen-bond donors (Lipinski definition) is 1. The Labute approximate surface area is 160 Å². The maximum Gasteiger partial charge on any atom is 0.233 e. The first kappa shape index (κ1) is 19.0. The van der Waals surface area contributed by atoms with Gasteiger partial charge in [0.2, 0.25) is 11.1 Å². The predicted molar refractivity (Wildman–Crippen MR) is 101 cm³/mol. The summed E-state index contributed by atoms with van der Waals surface area (Å²) in [6.45, 7) is 0. The number of halogens is 1. The third-order valence-corrected chi connectivity index (χ3v) is 7.13. The Morgan fingerprint density at radius 1 is 1.46 bits per heavy atom. The summed E-state index contributed by atoms with van der Waals surface area (Å²) < 4.78 is 24.4. The molecule has 1 atom stereocenters. The number of thioether (sulfide) groups is 1. The van der Waals surface area contributed by atoms with Crippen molar-refractivity contribution in [2.75, 3.05) is 30.1 Å². The number of sulfone groups is 1. The van der Waals surface area contributed by atoms with Crippen molar-refractivity contribution in [2.45, 2.75) is 17.6 Å². The van der Waals surface area contributed by atoms with E-state index in [0.717, 1.165) is 17.3 Å². The van der Waals surface area contributed by atoms with Gasteiger partial charge in [-0.25, -0.2) is 13.1 Å². The van der Waals surface area contributed by atoms with Gasteiger partial charge in [0.1, 0.15) is 0 Å². The summed E-state index contributed by atoms with van der Waals surface area (Å²) in [5, 5.41) is 9.01. The van der Waals surface area contributed by atoms with Crippen molar-refractivity contribution in [3.05, 3.63) is 29.3 Å². The third-order valence-electron chi connectivity index (χ3n) is 4.22. The second-order valence-corrected chi connectivity index (χ2v) is 9.64. The number of rotatable bonds is 5. The van der Waals surface area contributed by atoms with Crippen LogP contribution in [0.3, 0.4) is 0 Å². The average Bonchev–Trinajstić information content (AvgIpc) is 3.14. The summed E-state index contributed by atoms with van der Waals surface area (Å²) in [6.07, 6.45) is 0.473. The van der Waals surface area contributed by atoms with Crippen LogP contribution in [0.1, 0.15) is 6.42 Å². The van der Waals surface area contributed by atoms with Crippen molar-refractivity contribution in [2.24, 2.45) is 0 Å². The second kappa shape index (κ2) is 7.45. The molecule has 1 aliphatic rings. The molecule has 1 saturated heterocycles. The fourth-order valence-electron chi connectivity index (χ4n) is 2.71. The molecule has 2 aromatic rings. The zero-order chi connectivity index (χ0) is 18.9. The molecular weight excluding hydrogens is 398 g/mol. The van der Waals surface area contributed by atoms with Crippen LogP contribution in [0, 0.1) is 0 Å². The van der Waals surface area contributed by atoms with Crippen LogP contribution in [-0.4, -0.2) is 64.4 Å². The summed E-state index contributed by atoms with van der Waals surface area (Å²) >= 11 is 7.13. The lowest BCUT2D eigenvalue weighted by atomic mass is 10.2. The first-order chi connectivity index (χ1) is 12.3. The number of nitrogens with zero attached hydrogens (tertiary/aromatic N) is 4. The Kier molecular flexibility index (Phi) is 5.44. The van der Waals surface area contributed by atoms with Crippen LogP contribution in [0.4, 0.5) is 0 Å². The van der Waals surface area contributed by atoms with E-state index < -0.39 is 9.84 Å². The largest absolute Gasteiger partial charge is 0.341 e. The van der Waals surface area contributed by atoms with Crippen molar-refractivity contribution in [3.8, 4) is 11.4 Å². The van der Waals surface area contributed by atoms with Crippen LogP contribution < -0.4 is 5.84 Å². The van der Waals surface area contributed by atoms with Gasteiger partial charge >= 0.3 is 0 Å². The standard InChI is InChI=1S/C15H18ClN5O3S2/c1-20(12-5-6-26(23,24)9-12)13(22)8-25-15-19-18-14(21(15)17)10-3-2-4-11(16)7-10/h2-4,7,12H,5-6,8-9,17H2,1H3/t12-/m0/s1. The first-order valence-electron chi connectivity index (χ1n) is 7.82. The molecule has 0 bridgehead atoms. The summed E-state index contributed by atoms with van der Waals surface area (Å²) in [6, 6.07) is 6.80. The van der Waals surface area contributed by atoms with E-state index in [-0.39, 0.29) is 29.2 Å². The smallest absolute Gasteiger partial charge is 0.233 e. The lowest BCUT2D eigenvalue weighted by Gasteiger charge is -2.23. The molecule has 0 unspecified atom stereocenters. The van der Waals surface area contributed by atoms with Crippen LogP contribution in [0.2, 0.25) is 5.02 Å². The Bertz CT molecular complexity index is 931.